The highest BCUT2D eigenvalue weighted by atomic mass is 19.4. The number of hydrogen-bond acceptors (Lipinski definition) is 4. The molecule has 0 radical (unpaired) electrons. The van der Waals surface area contributed by atoms with Gasteiger partial charge < -0.3 is 10.2 Å². The van der Waals surface area contributed by atoms with Crippen LogP contribution in [0.5, 0.6) is 0 Å². The molecule has 1 saturated heterocycles. The minimum absolute atomic E-state index is 0.0162. The van der Waals surface area contributed by atoms with Crippen molar-refractivity contribution < 1.29 is 22.0 Å². The van der Waals surface area contributed by atoms with Crippen molar-refractivity contribution in [2.45, 2.75) is 45.0 Å². The molecule has 0 unspecified atom stereocenters. The molecule has 1 heterocycles. The maximum Gasteiger partial charge on any atom is 0.416 e. The third-order valence-electron chi connectivity index (χ3n) is 8.22. The summed E-state index contributed by atoms with van der Waals surface area (Å²) in [7, 11) is 0. The summed E-state index contributed by atoms with van der Waals surface area (Å²) in [5.41, 5.74) is 2.52. The minimum atomic E-state index is -4.48. The molecule has 0 aliphatic carbocycles. The summed E-state index contributed by atoms with van der Waals surface area (Å²) in [6, 6.07) is 21.8. The van der Waals surface area contributed by atoms with Gasteiger partial charge in [0.15, 0.2) is 0 Å². The van der Waals surface area contributed by atoms with Crippen molar-refractivity contribution in [2.24, 2.45) is 0 Å². The molecular weight excluding hydrogens is 583 g/mol. The Morgan fingerprint density at radius 1 is 0.800 bits per heavy atom. The number of halogens is 5. The van der Waals surface area contributed by atoms with Gasteiger partial charge in [0.1, 0.15) is 5.82 Å². The lowest BCUT2D eigenvalue weighted by atomic mass is 9.96. The van der Waals surface area contributed by atoms with Crippen molar-refractivity contribution >= 4 is 17.1 Å². The second kappa shape index (κ2) is 12.8. The maximum atomic E-state index is 16.1. The predicted octanol–water partition coefficient (Wildman–Crippen LogP) is 9.34. The lowest BCUT2D eigenvalue weighted by Gasteiger charge is -2.43. The van der Waals surface area contributed by atoms with Crippen LogP contribution in [0, 0.1) is 19.3 Å². The number of benzene rings is 4. The number of para-hydroxylation sites is 1. The van der Waals surface area contributed by atoms with E-state index in [4.69, 9.17) is 5.41 Å². The number of piperidine rings is 1. The van der Waals surface area contributed by atoms with Crippen molar-refractivity contribution in [1.82, 2.24) is 4.90 Å². The third-order valence-corrected chi connectivity index (χ3v) is 8.22. The van der Waals surface area contributed by atoms with E-state index in [0.717, 1.165) is 28.3 Å². The fraction of sp³-hybridized carbons (Fsp3) is 0.250. The van der Waals surface area contributed by atoms with Crippen LogP contribution in [-0.4, -0.2) is 29.7 Å². The summed E-state index contributed by atoms with van der Waals surface area (Å²) < 4.78 is 71.8. The van der Waals surface area contributed by atoms with Gasteiger partial charge in [0.2, 0.25) is 0 Å². The highest BCUT2D eigenvalue weighted by molar-refractivity contribution is 6.12. The van der Waals surface area contributed by atoms with E-state index in [-0.39, 0.29) is 28.7 Å². The van der Waals surface area contributed by atoms with Crippen molar-refractivity contribution in [3.8, 4) is 0 Å². The Kier molecular flexibility index (Phi) is 9.00. The van der Waals surface area contributed by atoms with Gasteiger partial charge in [0, 0.05) is 41.5 Å². The summed E-state index contributed by atoms with van der Waals surface area (Å²) in [5.74, 6) is 0.227. The first-order valence-corrected chi connectivity index (χ1v) is 14.7. The number of nitrogens with one attached hydrogen (secondary N) is 2. The van der Waals surface area contributed by atoms with E-state index in [9.17, 15) is 13.2 Å². The number of hydrogen-bond donors (Lipinski definition) is 2. The van der Waals surface area contributed by atoms with Crippen LogP contribution < -0.4 is 10.2 Å². The van der Waals surface area contributed by atoms with Gasteiger partial charge in [-0.15, -0.1) is 0 Å². The largest absolute Gasteiger partial charge is 0.416 e. The standard InChI is InChI=1S/C36H35F5N4/c1-24-10-7-8-15-33(24)45(36(40,41)28-12-5-4-6-13-28)26(3)44-20-18-30(19-21-44)43-31-16-17-32(25(2)22-31)34(42)27-11-9-14-29(23-27)35(37,38)39/h4-17,22-23,30,42-43H,3,18-21H2,1-2H3. The Hall–Kier alpha value is -4.66. The van der Waals surface area contributed by atoms with E-state index >= 15 is 8.78 Å². The van der Waals surface area contributed by atoms with Gasteiger partial charge in [-0.3, -0.25) is 10.3 Å². The normalized spacial score (nSPS) is 14.2. The lowest BCUT2D eigenvalue weighted by molar-refractivity contribution is -0.137. The Balaban J connectivity index is 1.27. The van der Waals surface area contributed by atoms with Gasteiger partial charge in [-0.25, -0.2) is 0 Å². The predicted molar refractivity (Wildman–Crippen MR) is 170 cm³/mol. The van der Waals surface area contributed by atoms with Crippen LogP contribution in [0.25, 0.3) is 0 Å². The van der Waals surface area contributed by atoms with Gasteiger partial charge in [0.25, 0.3) is 0 Å². The van der Waals surface area contributed by atoms with Crippen LogP contribution in [0.1, 0.15) is 46.2 Å². The van der Waals surface area contributed by atoms with Gasteiger partial charge in [0.05, 0.1) is 17.0 Å². The van der Waals surface area contributed by atoms with Crippen LogP contribution in [0.3, 0.4) is 0 Å². The topological polar surface area (TPSA) is 42.4 Å². The lowest BCUT2D eigenvalue weighted by Crippen LogP contribution is -2.48. The average Bonchev–Trinajstić information content (AvgIpc) is 3.02. The zero-order valence-corrected chi connectivity index (χ0v) is 25.1. The van der Waals surface area contributed by atoms with Gasteiger partial charge in [-0.05, 0) is 68.1 Å². The van der Waals surface area contributed by atoms with E-state index in [1.165, 1.54) is 24.3 Å². The first kappa shape index (κ1) is 31.8. The molecule has 0 atom stereocenters. The Morgan fingerprint density at radius 3 is 2.09 bits per heavy atom. The summed E-state index contributed by atoms with van der Waals surface area (Å²) >= 11 is 0. The smallest absolute Gasteiger partial charge is 0.382 e. The molecule has 0 amide bonds. The van der Waals surface area contributed by atoms with Crippen LogP contribution in [0.15, 0.2) is 109 Å². The minimum Gasteiger partial charge on any atom is -0.382 e. The van der Waals surface area contributed by atoms with Gasteiger partial charge >= 0.3 is 12.2 Å². The van der Waals surface area contributed by atoms with Crippen LogP contribution >= 0.6 is 0 Å². The van der Waals surface area contributed by atoms with E-state index in [1.54, 1.807) is 49.4 Å². The number of nitrogens with zero attached hydrogens (tertiary/aromatic N) is 2. The number of rotatable bonds is 9. The van der Waals surface area contributed by atoms with Crippen molar-refractivity contribution in [3.63, 3.8) is 0 Å². The molecule has 0 bridgehead atoms. The zero-order valence-electron chi connectivity index (χ0n) is 25.1. The van der Waals surface area contributed by atoms with Crippen molar-refractivity contribution in [1.29, 1.82) is 5.41 Å². The molecular formula is C36H35F5N4. The number of anilines is 2. The maximum absolute atomic E-state index is 16.1. The van der Waals surface area contributed by atoms with E-state index in [0.29, 0.717) is 42.7 Å². The molecule has 2 N–H and O–H groups in total. The van der Waals surface area contributed by atoms with Crippen molar-refractivity contribution in [3.05, 3.63) is 143 Å². The molecule has 1 fully saturated rings. The number of aryl methyl sites for hydroxylation is 2. The van der Waals surface area contributed by atoms with Crippen LogP contribution in [-0.2, 0) is 12.2 Å². The molecule has 0 spiro atoms. The molecule has 0 saturated carbocycles. The average molecular weight is 619 g/mol. The Bertz CT molecular complexity index is 1670. The number of likely N-dealkylation sites (tertiary alicyclic amines) is 1. The van der Waals surface area contributed by atoms with Gasteiger partial charge in [-0.1, -0.05) is 73.3 Å². The molecule has 4 nitrogen and oxygen atoms in total. The molecule has 9 heteroatoms. The summed E-state index contributed by atoms with van der Waals surface area (Å²) in [6.45, 7) is 8.81. The fourth-order valence-corrected chi connectivity index (χ4v) is 5.73. The molecule has 234 valence electrons. The van der Waals surface area contributed by atoms with Crippen LogP contribution in [0.4, 0.5) is 33.3 Å². The van der Waals surface area contributed by atoms with E-state index in [1.807, 2.05) is 30.0 Å². The molecule has 4 aromatic carbocycles. The fourth-order valence-electron chi connectivity index (χ4n) is 5.73. The Labute approximate surface area is 260 Å². The first-order chi connectivity index (χ1) is 21.4. The quantitative estimate of drug-likeness (QED) is 0.112. The summed E-state index contributed by atoms with van der Waals surface area (Å²) in [4.78, 5) is 2.93. The molecule has 4 aromatic rings. The molecule has 1 aliphatic heterocycles. The molecule has 1 aliphatic rings. The number of alkyl halides is 5. The summed E-state index contributed by atoms with van der Waals surface area (Å²) in [5, 5.41) is 12.1. The van der Waals surface area contributed by atoms with Crippen molar-refractivity contribution in [2.75, 3.05) is 23.3 Å². The molecule has 5 rings (SSSR count). The second-order valence-corrected chi connectivity index (χ2v) is 11.3. The van der Waals surface area contributed by atoms with E-state index < -0.39 is 17.8 Å². The van der Waals surface area contributed by atoms with Crippen LogP contribution in [0.2, 0.25) is 0 Å². The van der Waals surface area contributed by atoms with E-state index in [2.05, 4.69) is 11.9 Å². The zero-order chi connectivity index (χ0) is 32.4. The highest BCUT2D eigenvalue weighted by Crippen LogP contribution is 2.41. The first-order valence-electron chi connectivity index (χ1n) is 14.7. The van der Waals surface area contributed by atoms with Gasteiger partial charge in [-0.2, -0.15) is 22.0 Å². The summed E-state index contributed by atoms with van der Waals surface area (Å²) in [6.07, 6.45) is -3.13. The Morgan fingerprint density at radius 2 is 1.44 bits per heavy atom. The third kappa shape index (κ3) is 6.87. The second-order valence-electron chi connectivity index (χ2n) is 11.3. The SMILES string of the molecule is C=C(N1CCC(Nc2ccc(C(=N)c3cccc(C(F)(F)F)c3)c(C)c2)CC1)N(c1ccccc1C)C(F)(F)c1ccccc1. The highest BCUT2D eigenvalue weighted by Gasteiger charge is 2.43. The molecule has 0 aromatic heterocycles. The monoisotopic (exact) mass is 618 g/mol. The molecule has 45 heavy (non-hydrogen) atoms.